The highest BCUT2D eigenvalue weighted by atomic mass is 127. The minimum atomic E-state index is 0.759. The van der Waals surface area contributed by atoms with Gasteiger partial charge in [-0.1, -0.05) is 20.3 Å². The van der Waals surface area contributed by atoms with Crippen LogP contribution in [0.2, 0.25) is 0 Å². The predicted octanol–water partition coefficient (Wildman–Crippen LogP) is 2.75. The Morgan fingerprint density at radius 2 is 1.70 bits per heavy atom. The third-order valence-electron chi connectivity index (χ3n) is 2.67. The quantitative estimate of drug-likeness (QED) is 0.559. The fourth-order valence-corrected chi connectivity index (χ4v) is 3.12. The van der Waals surface area contributed by atoms with E-state index in [2.05, 4.69) is 40.2 Å². The first-order valence-electron chi connectivity index (χ1n) is 4.12. The Kier molecular flexibility index (Phi) is 3.43. The first-order chi connectivity index (χ1) is 4.75. The van der Waals surface area contributed by atoms with Gasteiger partial charge in [0.25, 0.3) is 0 Å². The molecule has 1 nitrogen and oxygen atoms in total. The van der Waals surface area contributed by atoms with Crippen LogP contribution in [0.1, 0.15) is 33.1 Å². The van der Waals surface area contributed by atoms with Gasteiger partial charge < -0.3 is 0 Å². The molecule has 1 N–H and O–H groups in total. The van der Waals surface area contributed by atoms with Gasteiger partial charge in [-0.2, -0.15) is 0 Å². The van der Waals surface area contributed by atoms with Gasteiger partial charge in [-0.3, -0.25) is 3.53 Å². The summed E-state index contributed by atoms with van der Waals surface area (Å²) in [5.41, 5.74) is 0. The second-order valence-electron chi connectivity index (χ2n) is 3.52. The zero-order valence-electron chi connectivity index (χ0n) is 6.73. The Hall–Kier alpha value is 0.690. The standard InChI is InChI=1S/C8H16IN/c1-6-4-3-5-7(2)8(6)10-9/h6-8,10H,3-5H2,1-2H3. The molecule has 1 rings (SSSR count). The maximum absolute atomic E-state index is 3.37. The van der Waals surface area contributed by atoms with E-state index < -0.39 is 0 Å². The van der Waals surface area contributed by atoms with Crippen molar-refractivity contribution in [1.82, 2.24) is 3.53 Å². The second-order valence-corrected chi connectivity index (χ2v) is 4.14. The largest absolute Gasteiger partial charge is 0.257 e. The maximum Gasteiger partial charge on any atom is 0.0214 e. The topological polar surface area (TPSA) is 12.0 Å². The minimum Gasteiger partial charge on any atom is -0.257 e. The van der Waals surface area contributed by atoms with E-state index in [0.29, 0.717) is 0 Å². The molecule has 60 valence electrons. The Labute approximate surface area is 77.5 Å². The van der Waals surface area contributed by atoms with Crippen molar-refractivity contribution in [3.05, 3.63) is 0 Å². The second kappa shape index (κ2) is 3.90. The fraction of sp³-hybridized carbons (Fsp3) is 1.00. The summed E-state index contributed by atoms with van der Waals surface area (Å²) >= 11 is 2.29. The summed E-state index contributed by atoms with van der Waals surface area (Å²) in [6.45, 7) is 4.71. The lowest BCUT2D eigenvalue weighted by atomic mass is 9.79. The van der Waals surface area contributed by atoms with Crippen molar-refractivity contribution in [1.29, 1.82) is 0 Å². The number of halogens is 1. The molecule has 0 saturated heterocycles. The third-order valence-corrected chi connectivity index (χ3v) is 3.39. The van der Waals surface area contributed by atoms with Crippen LogP contribution < -0.4 is 3.53 Å². The summed E-state index contributed by atoms with van der Waals surface area (Å²) in [6.07, 6.45) is 4.24. The van der Waals surface area contributed by atoms with Crippen LogP contribution in [-0.4, -0.2) is 6.04 Å². The van der Waals surface area contributed by atoms with Crippen LogP contribution in [0.4, 0.5) is 0 Å². The van der Waals surface area contributed by atoms with E-state index in [1.54, 1.807) is 0 Å². The molecule has 0 bridgehead atoms. The molecule has 1 aliphatic carbocycles. The van der Waals surface area contributed by atoms with Gasteiger partial charge in [0.2, 0.25) is 0 Å². The highest BCUT2D eigenvalue weighted by Crippen LogP contribution is 2.29. The fourth-order valence-electron chi connectivity index (χ4n) is 1.90. The van der Waals surface area contributed by atoms with E-state index in [9.17, 15) is 0 Å². The van der Waals surface area contributed by atoms with Crippen molar-refractivity contribution in [3.63, 3.8) is 0 Å². The summed E-state index contributed by atoms with van der Waals surface area (Å²) in [7, 11) is 0. The van der Waals surface area contributed by atoms with Crippen LogP contribution in [0.5, 0.6) is 0 Å². The van der Waals surface area contributed by atoms with Gasteiger partial charge in [0.15, 0.2) is 0 Å². The Balaban J connectivity index is 2.45. The number of rotatable bonds is 1. The molecule has 0 spiro atoms. The number of hydrogen-bond acceptors (Lipinski definition) is 1. The van der Waals surface area contributed by atoms with E-state index in [1.807, 2.05) is 0 Å². The minimum absolute atomic E-state index is 0.759. The molecule has 0 aromatic carbocycles. The van der Waals surface area contributed by atoms with Crippen LogP contribution in [0.15, 0.2) is 0 Å². The van der Waals surface area contributed by atoms with Crippen LogP contribution in [0.25, 0.3) is 0 Å². The number of nitrogens with one attached hydrogen (secondary N) is 1. The molecular formula is C8H16IN. The van der Waals surface area contributed by atoms with Gasteiger partial charge in [0, 0.05) is 28.9 Å². The van der Waals surface area contributed by atoms with Crippen LogP contribution >= 0.6 is 22.9 Å². The SMILES string of the molecule is CC1CCCC(C)C1NI. The van der Waals surface area contributed by atoms with Gasteiger partial charge in [0.05, 0.1) is 0 Å². The molecule has 0 heterocycles. The van der Waals surface area contributed by atoms with Gasteiger partial charge in [-0.15, -0.1) is 0 Å². The van der Waals surface area contributed by atoms with Crippen molar-refractivity contribution in [2.45, 2.75) is 39.2 Å². The van der Waals surface area contributed by atoms with Crippen LogP contribution in [-0.2, 0) is 0 Å². The van der Waals surface area contributed by atoms with Crippen LogP contribution in [0.3, 0.4) is 0 Å². The average molecular weight is 253 g/mol. The smallest absolute Gasteiger partial charge is 0.0214 e. The van der Waals surface area contributed by atoms with E-state index in [0.717, 1.165) is 17.9 Å². The lowest BCUT2D eigenvalue weighted by molar-refractivity contribution is 0.242. The molecular weight excluding hydrogens is 237 g/mol. The normalized spacial score (nSPS) is 41.7. The zero-order chi connectivity index (χ0) is 7.56. The summed E-state index contributed by atoms with van der Waals surface area (Å²) < 4.78 is 3.37. The third kappa shape index (κ3) is 1.84. The molecule has 1 saturated carbocycles. The van der Waals surface area contributed by atoms with Crippen molar-refractivity contribution in [2.24, 2.45) is 11.8 Å². The van der Waals surface area contributed by atoms with Gasteiger partial charge in [0.1, 0.15) is 0 Å². The molecule has 1 aliphatic rings. The van der Waals surface area contributed by atoms with Gasteiger partial charge >= 0.3 is 0 Å². The molecule has 0 aromatic heterocycles. The first-order valence-corrected chi connectivity index (χ1v) is 5.19. The molecule has 1 fully saturated rings. The van der Waals surface area contributed by atoms with E-state index in [4.69, 9.17) is 0 Å². The Bertz CT molecular complexity index is 95.4. The van der Waals surface area contributed by atoms with Crippen molar-refractivity contribution in [3.8, 4) is 0 Å². The zero-order valence-corrected chi connectivity index (χ0v) is 8.89. The molecule has 2 heteroatoms. The van der Waals surface area contributed by atoms with E-state index in [1.165, 1.54) is 19.3 Å². The molecule has 0 aliphatic heterocycles. The molecule has 0 aromatic rings. The Morgan fingerprint density at radius 3 is 2.00 bits per heavy atom. The predicted molar refractivity (Wildman–Crippen MR) is 53.1 cm³/mol. The van der Waals surface area contributed by atoms with Crippen LogP contribution in [0, 0.1) is 11.8 Å². The lowest BCUT2D eigenvalue weighted by Gasteiger charge is -2.33. The highest BCUT2D eigenvalue weighted by molar-refractivity contribution is 14.1. The van der Waals surface area contributed by atoms with E-state index >= 15 is 0 Å². The molecule has 2 unspecified atom stereocenters. The van der Waals surface area contributed by atoms with Gasteiger partial charge in [-0.05, 0) is 24.7 Å². The van der Waals surface area contributed by atoms with E-state index in [-0.39, 0.29) is 0 Å². The molecule has 10 heavy (non-hydrogen) atoms. The van der Waals surface area contributed by atoms with Crippen molar-refractivity contribution < 1.29 is 0 Å². The molecule has 2 atom stereocenters. The molecule has 0 radical (unpaired) electrons. The average Bonchev–Trinajstić information content (AvgIpc) is 1.88. The maximum atomic E-state index is 3.37. The first kappa shape index (κ1) is 8.78. The highest BCUT2D eigenvalue weighted by Gasteiger charge is 2.26. The van der Waals surface area contributed by atoms with Crippen molar-refractivity contribution >= 4 is 22.9 Å². The number of hydrogen-bond donors (Lipinski definition) is 1. The Morgan fingerprint density at radius 1 is 1.20 bits per heavy atom. The summed E-state index contributed by atoms with van der Waals surface area (Å²) in [5.74, 6) is 1.75. The van der Waals surface area contributed by atoms with Crippen molar-refractivity contribution in [2.75, 3.05) is 0 Å². The monoisotopic (exact) mass is 253 g/mol. The lowest BCUT2D eigenvalue weighted by Crippen LogP contribution is -2.37. The van der Waals surface area contributed by atoms with Gasteiger partial charge in [-0.25, -0.2) is 0 Å². The summed E-state index contributed by atoms with van der Waals surface area (Å²) in [4.78, 5) is 0. The molecule has 0 amide bonds. The summed E-state index contributed by atoms with van der Waals surface area (Å²) in [6, 6.07) is 0.759. The summed E-state index contributed by atoms with van der Waals surface area (Å²) in [5, 5.41) is 0.